The van der Waals surface area contributed by atoms with E-state index >= 15 is 0 Å². The van der Waals surface area contributed by atoms with Crippen molar-refractivity contribution in [3.05, 3.63) is 53.2 Å². The number of rotatable bonds is 2. The van der Waals surface area contributed by atoms with Crippen molar-refractivity contribution in [1.82, 2.24) is 4.98 Å². The first-order valence-electron chi connectivity index (χ1n) is 6.28. The Balaban J connectivity index is 2.21. The Labute approximate surface area is 122 Å². The number of aliphatic hydroxyl groups is 1. The zero-order chi connectivity index (χ0) is 15.2. The lowest BCUT2D eigenvalue weighted by atomic mass is 10.1. The van der Waals surface area contributed by atoms with Crippen molar-refractivity contribution >= 4 is 11.7 Å². The Morgan fingerprint density at radius 1 is 1.33 bits per heavy atom. The van der Waals surface area contributed by atoms with Crippen LogP contribution in [0.2, 0.25) is 0 Å². The van der Waals surface area contributed by atoms with Gasteiger partial charge in [0.1, 0.15) is 23.9 Å². The SMILES string of the molecule is Cc1ccc(O)c(C(=O)Nc2cccc(C#CCO)n2)c1. The lowest BCUT2D eigenvalue weighted by Crippen LogP contribution is -2.13. The van der Waals surface area contributed by atoms with Crippen LogP contribution in [-0.4, -0.2) is 27.7 Å². The summed E-state index contributed by atoms with van der Waals surface area (Å²) in [4.78, 5) is 16.3. The molecule has 1 aromatic carbocycles. The molecule has 0 saturated heterocycles. The van der Waals surface area contributed by atoms with Crippen molar-refractivity contribution < 1.29 is 15.0 Å². The lowest BCUT2D eigenvalue weighted by molar-refractivity contribution is 0.102. The molecule has 0 fully saturated rings. The molecule has 0 saturated carbocycles. The standard InChI is InChI=1S/C16H14N2O3/c1-11-7-8-14(20)13(10-11)16(21)18-15-6-2-4-12(17-15)5-3-9-19/h2,4,6-8,10,19-20H,9H2,1H3,(H,17,18,21). The number of aromatic hydroxyl groups is 1. The first-order chi connectivity index (χ1) is 10.1. The molecule has 1 aromatic heterocycles. The van der Waals surface area contributed by atoms with Gasteiger partial charge in [0.15, 0.2) is 0 Å². The number of nitrogens with one attached hydrogen (secondary N) is 1. The number of aromatic nitrogens is 1. The van der Waals surface area contributed by atoms with Crippen molar-refractivity contribution in [2.75, 3.05) is 11.9 Å². The number of hydrogen-bond acceptors (Lipinski definition) is 4. The van der Waals surface area contributed by atoms with Gasteiger partial charge in [-0.2, -0.15) is 0 Å². The summed E-state index contributed by atoms with van der Waals surface area (Å²) in [5.41, 5.74) is 1.49. The fourth-order valence-electron chi connectivity index (χ4n) is 1.72. The molecular formula is C16H14N2O3. The number of aliphatic hydroxyl groups excluding tert-OH is 1. The van der Waals surface area contributed by atoms with Gasteiger partial charge in [0, 0.05) is 0 Å². The van der Waals surface area contributed by atoms with Crippen LogP contribution in [0, 0.1) is 18.8 Å². The predicted octanol–water partition coefficient (Wildman–Crippen LogP) is 1.69. The van der Waals surface area contributed by atoms with Gasteiger partial charge in [0.25, 0.3) is 5.91 Å². The van der Waals surface area contributed by atoms with Gasteiger partial charge in [-0.15, -0.1) is 0 Å². The second kappa shape index (κ2) is 6.55. The maximum Gasteiger partial charge on any atom is 0.260 e. The average Bonchev–Trinajstić information content (AvgIpc) is 2.48. The molecule has 2 aromatic rings. The number of pyridine rings is 1. The van der Waals surface area contributed by atoms with E-state index in [4.69, 9.17) is 5.11 Å². The van der Waals surface area contributed by atoms with Crippen molar-refractivity contribution in [1.29, 1.82) is 0 Å². The highest BCUT2D eigenvalue weighted by molar-refractivity contribution is 6.05. The second-order valence-electron chi connectivity index (χ2n) is 4.34. The second-order valence-corrected chi connectivity index (χ2v) is 4.34. The van der Waals surface area contributed by atoms with Gasteiger partial charge in [-0.1, -0.05) is 23.6 Å². The highest BCUT2D eigenvalue weighted by atomic mass is 16.3. The van der Waals surface area contributed by atoms with Gasteiger partial charge in [-0.05, 0) is 37.1 Å². The summed E-state index contributed by atoms with van der Waals surface area (Å²) in [6, 6.07) is 9.77. The van der Waals surface area contributed by atoms with E-state index in [0.717, 1.165) is 5.56 Å². The highest BCUT2D eigenvalue weighted by Gasteiger charge is 2.12. The van der Waals surface area contributed by atoms with Gasteiger partial charge in [0.2, 0.25) is 0 Å². The average molecular weight is 282 g/mol. The summed E-state index contributed by atoms with van der Waals surface area (Å²) in [6.45, 7) is 1.58. The number of carbonyl (C=O) groups is 1. The van der Waals surface area contributed by atoms with E-state index < -0.39 is 5.91 Å². The number of phenolic OH excluding ortho intramolecular Hbond substituents is 1. The molecule has 5 nitrogen and oxygen atoms in total. The largest absolute Gasteiger partial charge is 0.507 e. The fourth-order valence-corrected chi connectivity index (χ4v) is 1.72. The number of hydrogen-bond donors (Lipinski definition) is 3. The molecule has 0 unspecified atom stereocenters. The maximum absolute atomic E-state index is 12.1. The van der Waals surface area contributed by atoms with Crippen LogP contribution in [0.4, 0.5) is 5.82 Å². The molecule has 0 bridgehead atoms. The van der Waals surface area contributed by atoms with Crippen LogP contribution >= 0.6 is 0 Å². The molecule has 0 radical (unpaired) electrons. The Hall–Kier alpha value is -2.84. The van der Waals surface area contributed by atoms with Crippen LogP contribution in [0.5, 0.6) is 5.75 Å². The summed E-state index contributed by atoms with van der Waals surface area (Å²) in [5, 5.41) is 21.0. The van der Waals surface area contributed by atoms with Crippen molar-refractivity contribution in [2.24, 2.45) is 0 Å². The van der Waals surface area contributed by atoms with Gasteiger partial charge >= 0.3 is 0 Å². The Kier molecular flexibility index (Phi) is 4.54. The van der Waals surface area contributed by atoms with Crippen molar-refractivity contribution in [2.45, 2.75) is 6.92 Å². The first kappa shape index (κ1) is 14.6. The zero-order valence-corrected chi connectivity index (χ0v) is 11.4. The maximum atomic E-state index is 12.1. The van der Waals surface area contributed by atoms with Crippen LogP contribution in [0.25, 0.3) is 0 Å². The predicted molar refractivity (Wildman–Crippen MR) is 79.0 cm³/mol. The van der Waals surface area contributed by atoms with Crippen LogP contribution in [0.3, 0.4) is 0 Å². The molecule has 3 N–H and O–H groups in total. The molecule has 1 heterocycles. The van der Waals surface area contributed by atoms with Crippen LogP contribution in [-0.2, 0) is 0 Å². The third-order valence-corrected chi connectivity index (χ3v) is 2.68. The molecule has 106 valence electrons. The minimum Gasteiger partial charge on any atom is -0.507 e. The summed E-state index contributed by atoms with van der Waals surface area (Å²) in [5.74, 6) is 4.93. The molecule has 0 aliphatic rings. The third kappa shape index (κ3) is 3.81. The molecular weight excluding hydrogens is 268 g/mol. The Morgan fingerprint density at radius 2 is 2.14 bits per heavy atom. The Morgan fingerprint density at radius 3 is 2.90 bits per heavy atom. The van der Waals surface area contributed by atoms with Gasteiger partial charge in [0.05, 0.1) is 5.56 Å². The zero-order valence-electron chi connectivity index (χ0n) is 11.4. The number of benzene rings is 1. The molecule has 0 atom stereocenters. The molecule has 5 heteroatoms. The van der Waals surface area contributed by atoms with Gasteiger partial charge in [-0.25, -0.2) is 4.98 Å². The minimum atomic E-state index is -0.448. The lowest BCUT2D eigenvalue weighted by Gasteiger charge is -2.07. The van der Waals surface area contributed by atoms with Crippen LogP contribution in [0.15, 0.2) is 36.4 Å². The van der Waals surface area contributed by atoms with E-state index in [9.17, 15) is 9.90 Å². The fraction of sp³-hybridized carbons (Fsp3) is 0.125. The third-order valence-electron chi connectivity index (χ3n) is 2.68. The first-order valence-corrected chi connectivity index (χ1v) is 6.28. The molecule has 0 aliphatic carbocycles. The van der Waals surface area contributed by atoms with E-state index in [2.05, 4.69) is 22.1 Å². The summed E-state index contributed by atoms with van der Waals surface area (Å²) < 4.78 is 0. The molecule has 0 aliphatic heterocycles. The quantitative estimate of drug-likeness (QED) is 0.732. The van der Waals surface area contributed by atoms with Crippen LogP contribution < -0.4 is 5.32 Å². The number of phenols is 1. The summed E-state index contributed by atoms with van der Waals surface area (Å²) in [6.07, 6.45) is 0. The number of nitrogens with zero attached hydrogens (tertiary/aromatic N) is 1. The molecule has 2 rings (SSSR count). The normalized spacial score (nSPS) is 9.62. The number of carbonyl (C=O) groups excluding carboxylic acids is 1. The summed E-state index contributed by atoms with van der Waals surface area (Å²) >= 11 is 0. The topological polar surface area (TPSA) is 82.5 Å². The van der Waals surface area contributed by atoms with E-state index in [1.165, 1.54) is 6.07 Å². The molecule has 0 spiro atoms. The number of aryl methyl sites for hydroxylation is 1. The highest BCUT2D eigenvalue weighted by Crippen LogP contribution is 2.19. The van der Waals surface area contributed by atoms with Gasteiger partial charge < -0.3 is 15.5 Å². The van der Waals surface area contributed by atoms with Crippen molar-refractivity contribution in [3.8, 4) is 17.6 Å². The van der Waals surface area contributed by atoms with Crippen molar-refractivity contribution in [3.63, 3.8) is 0 Å². The summed E-state index contributed by atoms with van der Waals surface area (Å²) in [7, 11) is 0. The van der Waals surface area contributed by atoms with E-state index in [1.807, 2.05) is 6.92 Å². The number of anilines is 1. The number of amides is 1. The molecule has 1 amide bonds. The van der Waals surface area contributed by atoms with E-state index in [1.54, 1.807) is 30.3 Å². The van der Waals surface area contributed by atoms with E-state index in [-0.39, 0.29) is 17.9 Å². The minimum absolute atomic E-state index is 0.0886. The Bertz CT molecular complexity index is 730. The molecule has 21 heavy (non-hydrogen) atoms. The van der Waals surface area contributed by atoms with Gasteiger partial charge in [-0.3, -0.25) is 4.79 Å². The monoisotopic (exact) mass is 282 g/mol. The smallest absolute Gasteiger partial charge is 0.260 e. The van der Waals surface area contributed by atoms with E-state index in [0.29, 0.717) is 11.5 Å². The van der Waals surface area contributed by atoms with Crippen LogP contribution in [0.1, 0.15) is 21.6 Å².